The van der Waals surface area contributed by atoms with Gasteiger partial charge in [-0.15, -0.1) is 0 Å². The monoisotopic (exact) mass is 816 g/mol. The van der Waals surface area contributed by atoms with Crippen LogP contribution in [-0.2, 0) is 0 Å². The first-order chi connectivity index (χ1) is 31.6. The Labute approximate surface area is 374 Å². The molecule has 0 aliphatic carbocycles. The maximum atomic E-state index is 6.63. The number of nitrogen functional groups attached to an aromatic ring is 2. The van der Waals surface area contributed by atoms with Crippen molar-refractivity contribution in [3.63, 3.8) is 0 Å². The first-order valence-corrected chi connectivity index (χ1v) is 21.8. The summed E-state index contributed by atoms with van der Waals surface area (Å²) in [4.78, 5) is 0. The fraction of sp³-hybridized carbons (Fsp3) is 0. The van der Waals surface area contributed by atoms with Gasteiger partial charge in [-0.05, 0) is 147 Å². The van der Waals surface area contributed by atoms with Crippen LogP contribution in [0.25, 0.3) is 111 Å². The van der Waals surface area contributed by atoms with Gasteiger partial charge in [0.1, 0.15) is 0 Å². The lowest BCUT2D eigenvalue weighted by molar-refractivity contribution is 1.53. The number of hydrogen-bond acceptors (Lipinski definition) is 2. The first kappa shape index (κ1) is 38.5. The van der Waals surface area contributed by atoms with E-state index in [1.165, 1.54) is 0 Å². The highest BCUT2D eigenvalue weighted by atomic mass is 14.5. The summed E-state index contributed by atoms with van der Waals surface area (Å²) < 4.78 is 0. The van der Waals surface area contributed by atoms with E-state index in [-0.39, 0.29) is 0 Å². The van der Waals surface area contributed by atoms with Crippen molar-refractivity contribution in [2.75, 3.05) is 11.5 Å². The predicted octanol–water partition coefficient (Wildman–Crippen LogP) is 16.5. The van der Waals surface area contributed by atoms with Gasteiger partial charge in [0, 0.05) is 11.4 Å². The van der Waals surface area contributed by atoms with Gasteiger partial charge in [-0.1, -0.05) is 206 Å². The largest absolute Gasteiger partial charge is 0.399 e. The van der Waals surface area contributed by atoms with Gasteiger partial charge in [-0.2, -0.15) is 0 Å². The summed E-state index contributed by atoms with van der Waals surface area (Å²) in [6.07, 6.45) is 0. The SMILES string of the molecule is Nc1ccc2c(-c3ccccc3)c(-c3c(-c4ccccc4)ccc(-c4ccccc4)c3-c3c(-c4ccccc4)cc4cc(N)ccc4c3-c3ccccc3)c(-c3ccccc3)cc2c1. The van der Waals surface area contributed by atoms with Crippen LogP contribution in [0.2, 0.25) is 0 Å². The molecule has 0 aliphatic rings. The average Bonchev–Trinajstić information content (AvgIpc) is 3.36. The third-order valence-electron chi connectivity index (χ3n) is 12.5. The number of fused-ring (bicyclic) bond motifs is 2. The molecule has 0 spiro atoms. The zero-order valence-electron chi connectivity index (χ0n) is 35.2. The molecule has 0 aliphatic heterocycles. The molecule has 0 fully saturated rings. The molecule has 11 aromatic rings. The molecule has 0 atom stereocenters. The van der Waals surface area contributed by atoms with E-state index in [1.807, 2.05) is 12.1 Å². The minimum absolute atomic E-state index is 0.729. The Hall–Kier alpha value is -8.46. The number of anilines is 2. The van der Waals surface area contributed by atoms with Crippen LogP contribution in [-0.4, -0.2) is 0 Å². The van der Waals surface area contributed by atoms with E-state index in [2.05, 4.69) is 231 Å². The summed E-state index contributed by atoms with van der Waals surface area (Å²) in [5, 5.41) is 4.43. The Morgan fingerprint density at radius 1 is 0.203 bits per heavy atom. The molecule has 0 amide bonds. The molecule has 2 nitrogen and oxygen atoms in total. The number of nitrogens with two attached hydrogens (primary N) is 2. The molecule has 64 heavy (non-hydrogen) atoms. The molecule has 0 saturated heterocycles. The van der Waals surface area contributed by atoms with Gasteiger partial charge >= 0.3 is 0 Å². The lowest BCUT2D eigenvalue weighted by Crippen LogP contribution is -2.02. The molecule has 11 aromatic carbocycles. The Kier molecular flexibility index (Phi) is 9.88. The Morgan fingerprint density at radius 3 is 0.781 bits per heavy atom. The van der Waals surface area contributed by atoms with Crippen molar-refractivity contribution in [3.8, 4) is 89.0 Å². The third kappa shape index (κ3) is 6.88. The van der Waals surface area contributed by atoms with Gasteiger partial charge in [-0.3, -0.25) is 0 Å². The van der Waals surface area contributed by atoms with Crippen molar-refractivity contribution in [3.05, 3.63) is 243 Å². The van der Waals surface area contributed by atoms with Crippen LogP contribution in [0.5, 0.6) is 0 Å². The van der Waals surface area contributed by atoms with Gasteiger partial charge in [0.25, 0.3) is 0 Å². The van der Waals surface area contributed by atoms with Crippen LogP contribution in [0, 0.1) is 0 Å². The van der Waals surface area contributed by atoms with E-state index in [9.17, 15) is 0 Å². The number of rotatable bonds is 8. The number of hydrogen-bond donors (Lipinski definition) is 2. The highest BCUT2D eigenvalue weighted by Crippen LogP contribution is 2.57. The van der Waals surface area contributed by atoms with Crippen molar-refractivity contribution in [2.45, 2.75) is 0 Å². The van der Waals surface area contributed by atoms with Crippen molar-refractivity contribution in [1.82, 2.24) is 0 Å². The second-order valence-electron chi connectivity index (χ2n) is 16.4. The molecule has 0 unspecified atom stereocenters. The zero-order chi connectivity index (χ0) is 43.0. The van der Waals surface area contributed by atoms with E-state index in [1.54, 1.807) is 0 Å². The van der Waals surface area contributed by atoms with Gasteiger partial charge in [-0.25, -0.2) is 0 Å². The lowest BCUT2D eigenvalue weighted by Gasteiger charge is -2.29. The molecule has 0 radical (unpaired) electrons. The summed E-state index contributed by atoms with van der Waals surface area (Å²) in [5.74, 6) is 0. The number of benzene rings is 11. The minimum atomic E-state index is 0.729. The normalized spacial score (nSPS) is 11.2. The summed E-state index contributed by atoms with van der Waals surface area (Å²) in [5.41, 5.74) is 32.9. The maximum Gasteiger partial charge on any atom is 0.0320 e. The third-order valence-corrected chi connectivity index (χ3v) is 12.5. The van der Waals surface area contributed by atoms with Crippen molar-refractivity contribution >= 4 is 32.9 Å². The van der Waals surface area contributed by atoms with Gasteiger partial charge < -0.3 is 11.5 Å². The van der Waals surface area contributed by atoms with Crippen LogP contribution in [0.15, 0.2) is 243 Å². The van der Waals surface area contributed by atoms with Gasteiger partial charge in [0.2, 0.25) is 0 Å². The molecule has 0 saturated carbocycles. The van der Waals surface area contributed by atoms with Crippen LogP contribution in [0.3, 0.4) is 0 Å². The topological polar surface area (TPSA) is 52.0 Å². The summed E-state index contributed by atoms with van der Waals surface area (Å²) >= 11 is 0. The fourth-order valence-electron chi connectivity index (χ4n) is 9.71. The van der Waals surface area contributed by atoms with Crippen molar-refractivity contribution < 1.29 is 0 Å². The molecular formula is C62H44N2. The standard InChI is InChI=1S/C62H44N2/c63-49-31-33-53-47(37-49)39-55(43-23-11-3-12-24-43)61(57(53)45-27-15-5-16-28-45)59-51(41-19-7-1-8-20-41)35-36-52(42-21-9-2-10-22-42)60(59)62-56(44-25-13-4-14-26-44)40-48-38-50(64)32-34-54(48)58(62)46-29-17-6-18-30-46/h1-40H,63-64H2. The molecule has 4 N–H and O–H groups in total. The first-order valence-electron chi connectivity index (χ1n) is 21.8. The quantitative estimate of drug-likeness (QED) is 0.150. The second-order valence-corrected chi connectivity index (χ2v) is 16.4. The van der Waals surface area contributed by atoms with Gasteiger partial charge in [0.05, 0.1) is 0 Å². The summed E-state index contributed by atoms with van der Waals surface area (Å²) in [6, 6.07) is 87.4. The predicted molar refractivity (Wildman–Crippen MR) is 274 cm³/mol. The fourth-order valence-corrected chi connectivity index (χ4v) is 9.71. The van der Waals surface area contributed by atoms with Crippen LogP contribution in [0.4, 0.5) is 11.4 Å². The average molecular weight is 817 g/mol. The minimum Gasteiger partial charge on any atom is -0.399 e. The Bertz CT molecular complexity index is 3220. The van der Waals surface area contributed by atoms with E-state index in [4.69, 9.17) is 11.5 Å². The molecular weight excluding hydrogens is 773 g/mol. The summed E-state index contributed by atoms with van der Waals surface area (Å²) in [7, 11) is 0. The van der Waals surface area contributed by atoms with Crippen molar-refractivity contribution in [2.24, 2.45) is 0 Å². The molecule has 0 bridgehead atoms. The van der Waals surface area contributed by atoms with Crippen LogP contribution >= 0.6 is 0 Å². The highest BCUT2D eigenvalue weighted by Gasteiger charge is 2.30. The molecule has 2 heteroatoms. The molecule has 0 heterocycles. The van der Waals surface area contributed by atoms with Gasteiger partial charge in [0.15, 0.2) is 0 Å². The molecule has 302 valence electrons. The van der Waals surface area contributed by atoms with E-state index >= 15 is 0 Å². The molecule has 0 aromatic heterocycles. The Balaban J connectivity index is 1.46. The van der Waals surface area contributed by atoms with Crippen molar-refractivity contribution in [1.29, 1.82) is 0 Å². The highest BCUT2D eigenvalue weighted by molar-refractivity contribution is 6.20. The van der Waals surface area contributed by atoms with E-state index in [0.29, 0.717) is 0 Å². The lowest BCUT2D eigenvalue weighted by atomic mass is 9.74. The van der Waals surface area contributed by atoms with Crippen LogP contribution in [0.1, 0.15) is 0 Å². The van der Waals surface area contributed by atoms with E-state index in [0.717, 1.165) is 122 Å². The summed E-state index contributed by atoms with van der Waals surface area (Å²) in [6.45, 7) is 0. The second kappa shape index (κ2) is 16.4. The van der Waals surface area contributed by atoms with E-state index < -0.39 is 0 Å². The maximum absolute atomic E-state index is 6.63. The Morgan fingerprint density at radius 2 is 0.469 bits per heavy atom. The zero-order valence-corrected chi connectivity index (χ0v) is 35.2. The van der Waals surface area contributed by atoms with Crippen LogP contribution < -0.4 is 11.5 Å². The molecule has 11 rings (SSSR count). The smallest absolute Gasteiger partial charge is 0.0320 e.